The van der Waals surface area contributed by atoms with E-state index in [1.54, 1.807) is 25.1 Å². The third-order valence-electron chi connectivity index (χ3n) is 2.50. The highest BCUT2D eigenvalue weighted by molar-refractivity contribution is 6.30. The van der Waals surface area contributed by atoms with Gasteiger partial charge in [0.15, 0.2) is 5.72 Å². The molecule has 0 saturated carbocycles. The van der Waals surface area contributed by atoms with Crippen LogP contribution in [0.1, 0.15) is 29.3 Å². The number of rotatable bonds is 1. The number of benzene rings is 1. The minimum Gasteiger partial charge on any atom is -0.367 e. The Kier molecular flexibility index (Phi) is 2.01. The molecular formula is C10H10ClNO2. The van der Waals surface area contributed by atoms with Gasteiger partial charge in [-0.25, -0.2) is 0 Å². The molecule has 3 nitrogen and oxygen atoms in total. The van der Waals surface area contributed by atoms with E-state index in [1.165, 1.54) is 0 Å². The lowest BCUT2D eigenvalue weighted by Crippen LogP contribution is -2.38. The van der Waals surface area contributed by atoms with Crippen molar-refractivity contribution in [3.63, 3.8) is 0 Å². The monoisotopic (exact) mass is 211 g/mol. The number of fused-ring (bicyclic) bond motifs is 1. The molecular weight excluding hydrogens is 202 g/mol. The first-order chi connectivity index (χ1) is 6.57. The summed E-state index contributed by atoms with van der Waals surface area (Å²) in [7, 11) is 0. The van der Waals surface area contributed by atoms with E-state index >= 15 is 0 Å². The predicted octanol–water partition coefficient (Wildman–Crippen LogP) is 1.64. The molecule has 0 spiro atoms. The van der Waals surface area contributed by atoms with E-state index < -0.39 is 5.72 Å². The molecule has 0 radical (unpaired) electrons. The van der Waals surface area contributed by atoms with Gasteiger partial charge in [-0.2, -0.15) is 0 Å². The number of carbonyl (C=O) groups is 1. The van der Waals surface area contributed by atoms with Crippen molar-refractivity contribution < 1.29 is 9.90 Å². The van der Waals surface area contributed by atoms with Crippen molar-refractivity contribution in [1.82, 2.24) is 5.32 Å². The number of hydrogen-bond donors (Lipinski definition) is 2. The third kappa shape index (κ3) is 1.21. The van der Waals surface area contributed by atoms with E-state index in [0.29, 0.717) is 22.6 Å². The molecule has 2 rings (SSSR count). The van der Waals surface area contributed by atoms with Crippen LogP contribution < -0.4 is 5.32 Å². The van der Waals surface area contributed by atoms with Gasteiger partial charge in [0, 0.05) is 16.1 Å². The quantitative estimate of drug-likeness (QED) is 0.742. The van der Waals surface area contributed by atoms with Crippen molar-refractivity contribution in [2.75, 3.05) is 0 Å². The Hall–Kier alpha value is -1.06. The van der Waals surface area contributed by atoms with Crippen molar-refractivity contribution >= 4 is 17.5 Å². The second-order valence-electron chi connectivity index (χ2n) is 3.36. The number of hydrogen-bond acceptors (Lipinski definition) is 2. The van der Waals surface area contributed by atoms with E-state index in [0.717, 1.165) is 0 Å². The number of aliphatic hydroxyl groups is 1. The molecule has 1 aliphatic rings. The standard InChI is InChI=1S/C10H10ClNO2/c1-2-10(14)8-5-6(11)3-4-7(8)9(13)12-10/h3-5,14H,2H2,1H3,(H,12,13)/t10-/m0/s1. The fraction of sp³-hybridized carbons (Fsp3) is 0.300. The normalized spacial score (nSPS) is 24.6. The lowest BCUT2D eigenvalue weighted by molar-refractivity contribution is 0.00970. The van der Waals surface area contributed by atoms with Crippen LogP contribution in [0.4, 0.5) is 0 Å². The Morgan fingerprint density at radius 1 is 1.57 bits per heavy atom. The van der Waals surface area contributed by atoms with Gasteiger partial charge in [0.2, 0.25) is 0 Å². The van der Waals surface area contributed by atoms with Crippen LogP contribution in [0.25, 0.3) is 0 Å². The topological polar surface area (TPSA) is 49.3 Å². The lowest BCUT2D eigenvalue weighted by Gasteiger charge is -2.21. The minimum atomic E-state index is -1.25. The highest BCUT2D eigenvalue weighted by Crippen LogP contribution is 2.33. The molecule has 0 aromatic heterocycles. The van der Waals surface area contributed by atoms with Crippen LogP contribution in [-0.2, 0) is 5.72 Å². The van der Waals surface area contributed by atoms with Gasteiger partial charge in [-0.1, -0.05) is 18.5 Å². The number of carbonyl (C=O) groups excluding carboxylic acids is 1. The molecule has 4 heteroatoms. The SMILES string of the molecule is CC[C@@]1(O)NC(=O)c2ccc(Cl)cc21. The van der Waals surface area contributed by atoms with Crippen LogP contribution in [-0.4, -0.2) is 11.0 Å². The molecule has 1 heterocycles. The van der Waals surface area contributed by atoms with Crippen LogP contribution in [0.5, 0.6) is 0 Å². The number of halogens is 1. The number of nitrogens with one attached hydrogen (secondary N) is 1. The van der Waals surface area contributed by atoms with E-state index in [4.69, 9.17) is 11.6 Å². The summed E-state index contributed by atoms with van der Waals surface area (Å²) < 4.78 is 0. The molecule has 14 heavy (non-hydrogen) atoms. The largest absolute Gasteiger partial charge is 0.367 e. The molecule has 0 unspecified atom stereocenters. The van der Waals surface area contributed by atoms with Gasteiger partial charge in [0.05, 0.1) is 0 Å². The van der Waals surface area contributed by atoms with Gasteiger partial charge in [-0.3, -0.25) is 4.79 Å². The van der Waals surface area contributed by atoms with Crippen LogP contribution in [0.3, 0.4) is 0 Å². The van der Waals surface area contributed by atoms with Crippen LogP contribution in [0, 0.1) is 0 Å². The summed E-state index contributed by atoms with van der Waals surface area (Å²) in [5.41, 5.74) is -0.187. The first kappa shape index (κ1) is 9.49. The molecule has 1 aromatic rings. The average Bonchev–Trinajstić information content (AvgIpc) is 2.40. The number of amides is 1. The minimum absolute atomic E-state index is 0.249. The average molecular weight is 212 g/mol. The summed E-state index contributed by atoms with van der Waals surface area (Å²) in [5, 5.41) is 13.1. The molecule has 2 N–H and O–H groups in total. The molecule has 74 valence electrons. The fourth-order valence-electron chi connectivity index (χ4n) is 1.66. The summed E-state index contributed by atoms with van der Waals surface area (Å²) >= 11 is 5.81. The van der Waals surface area contributed by atoms with Crippen LogP contribution >= 0.6 is 11.6 Å². The molecule has 0 bridgehead atoms. The predicted molar refractivity (Wildman–Crippen MR) is 53.1 cm³/mol. The molecule has 0 aliphatic carbocycles. The van der Waals surface area contributed by atoms with Crippen molar-refractivity contribution in [3.8, 4) is 0 Å². The summed E-state index contributed by atoms with van der Waals surface area (Å²) in [6, 6.07) is 4.89. The van der Waals surface area contributed by atoms with E-state index in [2.05, 4.69) is 5.32 Å². The molecule has 1 amide bonds. The maximum atomic E-state index is 11.4. The van der Waals surface area contributed by atoms with Gasteiger partial charge in [-0.05, 0) is 24.6 Å². The van der Waals surface area contributed by atoms with E-state index in [9.17, 15) is 9.90 Å². The van der Waals surface area contributed by atoms with Crippen molar-refractivity contribution in [3.05, 3.63) is 34.3 Å². The molecule has 0 saturated heterocycles. The smallest absolute Gasteiger partial charge is 0.254 e. The zero-order chi connectivity index (χ0) is 10.3. The van der Waals surface area contributed by atoms with Crippen molar-refractivity contribution in [2.45, 2.75) is 19.1 Å². The second kappa shape index (κ2) is 2.97. The summed E-state index contributed by atoms with van der Waals surface area (Å²) in [5.74, 6) is -0.249. The lowest BCUT2D eigenvalue weighted by atomic mass is 10.00. The van der Waals surface area contributed by atoms with Crippen LogP contribution in [0.15, 0.2) is 18.2 Å². The van der Waals surface area contributed by atoms with Gasteiger partial charge >= 0.3 is 0 Å². The first-order valence-electron chi connectivity index (χ1n) is 4.42. The van der Waals surface area contributed by atoms with Gasteiger partial charge in [0.1, 0.15) is 0 Å². The van der Waals surface area contributed by atoms with Crippen LogP contribution in [0.2, 0.25) is 5.02 Å². The van der Waals surface area contributed by atoms with E-state index in [-0.39, 0.29) is 5.91 Å². The van der Waals surface area contributed by atoms with E-state index in [1.807, 2.05) is 0 Å². The zero-order valence-electron chi connectivity index (χ0n) is 7.67. The Bertz CT molecular complexity index is 405. The molecule has 0 fully saturated rings. The zero-order valence-corrected chi connectivity index (χ0v) is 8.43. The Morgan fingerprint density at radius 2 is 2.29 bits per heavy atom. The second-order valence-corrected chi connectivity index (χ2v) is 3.79. The van der Waals surface area contributed by atoms with Gasteiger partial charge in [0.25, 0.3) is 5.91 Å². The highest BCUT2D eigenvalue weighted by atomic mass is 35.5. The van der Waals surface area contributed by atoms with Crippen molar-refractivity contribution in [1.29, 1.82) is 0 Å². The maximum absolute atomic E-state index is 11.4. The molecule has 1 aliphatic heterocycles. The maximum Gasteiger partial charge on any atom is 0.254 e. The van der Waals surface area contributed by atoms with Crippen molar-refractivity contribution in [2.24, 2.45) is 0 Å². The van der Waals surface area contributed by atoms with Gasteiger partial charge in [-0.15, -0.1) is 0 Å². The van der Waals surface area contributed by atoms with Gasteiger partial charge < -0.3 is 10.4 Å². The first-order valence-corrected chi connectivity index (χ1v) is 4.79. The fourth-order valence-corrected chi connectivity index (χ4v) is 1.83. The summed E-state index contributed by atoms with van der Waals surface area (Å²) in [6.07, 6.45) is 0.423. The molecule has 1 atom stereocenters. The highest BCUT2D eigenvalue weighted by Gasteiger charge is 2.39. The Labute approximate surface area is 86.7 Å². The third-order valence-corrected chi connectivity index (χ3v) is 2.74. The summed E-state index contributed by atoms with van der Waals surface area (Å²) in [6.45, 7) is 1.80. The summed E-state index contributed by atoms with van der Waals surface area (Å²) in [4.78, 5) is 11.4. The Morgan fingerprint density at radius 3 is 2.93 bits per heavy atom. The Balaban J connectivity index is 2.62. The molecule has 1 aromatic carbocycles.